The summed E-state index contributed by atoms with van der Waals surface area (Å²) >= 11 is 0. The van der Waals surface area contributed by atoms with Crippen LogP contribution in [0.1, 0.15) is 115 Å². The number of hydrogen-bond donors (Lipinski definition) is 0. The number of unbranched alkanes of at least 4 members (excludes halogenated alkanes) is 10. The summed E-state index contributed by atoms with van der Waals surface area (Å²) in [5.74, 6) is 0.800. The summed E-state index contributed by atoms with van der Waals surface area (Å²) in [7, 11) is 0. The molecule has 0 spiro atoms. The lowest BCUT2D eigenvalue weighted by molar-refractivity contribution is 0.486. The second kappa shape index (κ2) is 14.8. The van der Waals surface area contributed by atoms with Gasteiger partial charge in [0.25, 0.3) is 0 Å². The molecule has 0 unspecified atom stereocenters. The second-order valence-electron chi connectivity index (χ2n) is 7.22. The molecule has 1 aromatic carbocycles. The summed E-state index contributed by atoms with van der Waals surface area (Å²) in [6.45, 7) is 4.60. The van der Waals surface area contributed by atoms with E-state index >= 15 is 0 Å². The molecule has 0 nitrogen and oxygen atoms in total. The molecule has 23 heavy (non-hydrogen) atoms. The van der Waals surface area contributed by atoms with Gasteiger partial charge in [-0.05, 0) is 24.3 Å². The Bertz CT molecular complexity index is 324. The minimum Gasteiger partial charge on any atom is -0.0654 e. The van der Waals surface area contributed by atoms with Crippen molar-refractivity contribution >= 4 is 0 Å². The Morgan fingerprint density at radius 1 is 0.565 bits per heavy atom. The van der Waals surface area contributed by atoms with Crippen molar-refractivity contribution < 1.29 is 0 Å². The van der Waals surface area contributed by atoms with Crippen LogP contribution in [0.2, 0.25) is 0 Å². The lowest BCUT2D eigenvalue weighted by atomic mass is 9.88. The first-order chi connectivity index (χ1) is 11.4. The first-order valence-corrected chi connectivity index (χ1v) is 10.4. The Labute approximate surface area is 146 Å². The summed E-state index contributed by atoms with van der Waals surface area (Å²) < 4.78 is 0. The molecule has 0 atom stereocenters. The zero-order valence-corrected chi connectivity index (χ0v) is 15.9. The van der Waals surface area contributed by atoms with Gasteiger partial charge in [0.05, 0.1) is 0 Å². The molecule has 0 amide bonds. The molecule has 0 saturated heterocycles. The van der Waals surface area contributed by atoms with Gasteiger partial charge in [-0.3, -0.25) is 0 Å². The Hall–Kier alpha value is -0.780. The van der Waals surface area contributed by atoms with E-state index in [1.807, 2.05) is 0 Å². The monoisotopic (exact) mass is 316 g/mol. The molecule has 0 bridgehead atoms. The van der Waals surface area contributed by atoms with Gasteiger partial charge in [-0.2, -0.15) is 0 Å². The Kier molecular flexibility index (Phi) is 13.0. The zero-order valence-electron chi connectivity index (χ0n) is 15.9. The van der Waals surface area contributed by atoms with Crippen LogP contribution in [0.3, 0.4) is 0 Å². The molecule has 0 heterocycles. The van der Waals surface area contributed by atoms with Gasteiger partial charge < -0.3 is 0 Å². The average molecular weight is 317 g/mol. The molecule has 0 radical (unpaired) electrons. The highest BCUT2D eigenvalue weighted by Crippen LogP contribution is 2.28. The van der Waals surface area contributed by atoms with Gasteiger partial charge in [-0.15, -0.1) is 0 Å². The molecule has 0 N–H and O–H groups in total. The van der Waals surface area contributed by atoms with Crippen LogP contribution in [0.15, 0.2) is 30.3 Å². The third-order valence-electron chi connectivity index (χ3n) is 5.08. The highest BCUT2D eigenvalue weighted by Gasteiger charge is 2.10. The maximum Gasteiger partial charge on any atom is -0.0162 e. The number of rotatable bonds is 15. The van der Waals surface area contributed by atoms with Crippen molar-refractivity contribution in [1.29, 1.82) is 0 Å². The van der Waals surface area contributed by atoms with Gasteiger partial charge in [-0.1, -0.05) is 121 Å². The molecule has 0 heteroatoms. The van der Waals surface area contributed by atoms with Crippen molar-refractivity contribution in [2.75, 3.05) is 0 Å². The van der Waals surface area contributed by atoms with Crippen molar-refractivity contribution in [3.8, 4) is 0 Å². The van der Waals surface area contributed by atoms with Gasteiger partial charge in [-0.25, -0.2) is 0 Å². The van der Waals surface area contributed by atoms with Crippen LogP contribution in [0.25, 0.3) is 0 Å². The molecule has 0 aliphatic heterocycles. The van der Waals surface area contributed by atoms with Crippen LogP contribution in [0.5, 0.6) is 0 Å². The van der Waals surface area contributed by atoms with Crippen LogP contribution >= 0.6 is 0 Å². The van der Waals surface area contributed by atoms with Crippen LogP contribution in [-0.4, -0.2) is 0 Å². The molecule has 1 aromatic rings. The van der Waals surface area contributed by atoms with Gasteiger partial charge in [0, 0.05) is 0 Å². The van der Waals surface area contributed by atoms with Crippen molar-refractivity contribution in [3.05, 3.63) is 35.9 Å². The molecule has 132 valence electrons. The van der Waals surface area contributed by atoms with Crippen LogP contribution in [0.4, 0.5) is 0 Å². The number of hydrogen-bond acceptors (Lipinski definition) is 0. The third kappa shape index (κ3) is 10.6. The standard InChI is InChI=1S/C23H40/c1-3-5-7-9-11-14-18-22(23-20-16-13-17-21-23)19-15-12-10-8-6-4-2/h13,16-17,20-22H,3-12,14-15,18-19H2,1-2H3. The van der Waals surface area contributed by atoms with Crippen molar-refractivity contribution in [3.63, 3.8) is 0 Å². The molecule has 0 aromatic heterocycles. The molecular formula is C23H40. The highest BCUT2D eigenvalue weighted by molar-refractivity contribution is 5.19. The summed E-state index contributed by atoms with van der Waals surface area (Å²) in [6, 6.07) is 11.3. The minimum atomic E-state index is 0.800. The Morgan fingerprint density at radius 2 is 1.00 bits per heavy atom. The van der Waals surface area contributed by atoms with E-state index in [1.165, 1.54) is 89.9 Å². The molecule has 1 rings (SSSR count). The van der Waals surface area contributed by atoms with Crippen LogP contribution < -0.4 is 0 Å². The van der Waals surface area contributed by atoms with E-state index in [1.54, 1.807) is 5.56 Å². The predicted molar refractivity (Wildman–Crippen MR) is 105 cm³/mol. The Morgan fingerprint density at radius 3 is 1.48 bits per heavy atom. The summed E-state index contributed by atoms with van der Waals surface area (Å²) in [6.07, 6.45) is 19.8. The lowest BCUT2D eigenvalue weighted by Crippen LogP contribution is -1.99. The summed E-state index contributed by atoms with van der Waals surface area (Å²) in [5, 5.41) is 0. The number of benzene rings is 1. The quantitative estimate of drug-likeness (QED) is 0.286. The highest BCUT2D eigenvalue weighted by atomic mass is 14.2. The zero-order chi connectivity index (χ0) is 16.6. The van der Waals surface area contributed by atoms with E-state index in [-0.39, 0.29) is 0 Å². The largest absolute Gasteiger partial charge is 0.0654 e. The van der Waals surface area contributed by atoms with E-state index < -0.39 is 0 Å². The first-order valence-electron chi connectivity index (χ1n) is 10.4. The maximum atomic E-state index is 2.35. The maximum absolute atomic E-state index is 2.35. The predicted octanol–water partition coefficient (Wildman–Crippen LogP) is 8.27. The molecular weight excluding hydrogens is 276 g/mol. The average Bonchev–Trinajstić information content (AvgIpc) is 2.60. The lowest BCUT2D eigenvalue weighted by Gasteiger charge is -2.17. The van der Waals surface area contributed by atoms with E-state index in [4.69, 9.17) is 0 Å². The van der Waals surface area contributed by atoms with Crippen LogP contribution in [0, 0.1) is 0 Å². The van der Waals surface area contributed by atoms with E-state index in [2.05, 4.69) is 44.2 Å². The van der Waals surface area contributed by atoms with E-state index in [0.29, 0.717) is 0 Å². The smallest absolute Gasteiger partial charge is 0.0162 e. The summed E-state index contributed by atoms with van der Waals surface area (Å²) in [5.41, 5.74) is 1.58. The van der Waals surface area contributed by atoms with Gasteiger partial charge >= 0.3 is 0 Å². The van der Waals surface area contributed by atoms with E-state index in [0.717, 1.165) is 5.92 Å². The second-order valence-corrected chi connectivity index (χ2v) is 7.22. The van der Waals surface area contributed by atoms with E-state index in [9.17, 15) is 0 Å². The molecule has 0 saturated carbocycles. The summed E-state index contributed by atoms with van der Waals surface area (Å²) in [4.78, 5) is 0. The fourth-order valence-corrected chi connectivity index (χ4v) is 3.55. The van der Waals surface area contributed by atoms with Crippen LogP contribution in [-0.2, 0) is 0 Å². The minimum absolute atomic E-state index is 0.800. The van der Waals surface area contributed by atoms with Gasteiger partial charge in [0.1, 0.15) is 0 Å². The van der Waals surface area contributed by atoms with Gasteiger partial charge in [0.15, 0.2) is 0 Å². The SMILES string of the molecule is CCCCCCCCC(CCCCCCCC)c1ccccc1. The van der Waals surface area contributed by atoms with Gasteiger partial charge in [0.2, 0.25) is 0 Å². The topological polar surface area (TPSA) is 0 Å². The van der Waals surface area contributed by atoms with Crippen molar-refractivity contribution in [1.82, 2.24) is 0 Å². The molecule has 0 aliphatic carbocycles. The van der Waals surface area contributed by atoms with Crippen molar-refractivity contribution in [2.24, 2.45) is 0 Å². The van der Waals surface area contributed by atoms with Crippen molar-refractivity contribution in [2.45, 2.75) is 110 Å². The fraction of sp³-hybridized carbons (Fsp3) is 0.739. The third-order valence-corrected chi connectivity index (χ3v) is 5.08. The first kappa shape index (κ1) is 20.3. The molecule has 0 aliphatic rings. The molecule has 0 fully saturated rings. The Balaban J connectivity index is 2.26. The normalized spacial score (nSPS) is 11.3. The fourth-order valence-electron chi connectivity index (χ4n) is 3.55.